The second kappa shape index (κ2) is 10.5. The molecule has 0 aliphatic carbocycles. The molecule has 0 aromatic rings. The fourth-order valence-electron chi connectivity index (χ4n) is 2.14. The van der Waals surface area contributed by atoms with Gasteiger partial charge in [0.2, 0.25) is 0 Å². The SMILES string of the molecule is C=C(F)C=CC(=C)C(CCC)C(C(=O)OC)C(CBr)=NC. The molecule has 0 bridgehead atoms. The van der Waals surface area contributed by atoms with E-state index in [1.54, 1.807) is 13.1 Å². The molecule has 0 spiro atoms. The molecule has 0 radical (unpaired) electrons. The lowest BCUT2D eigenvalue weighted by Gasteiger charge is -2.26. The monoisotopic (exact) mass is 359 g/mol. The van der Waals surface area contributed by atoms with E-state index in [9.17, 15) is 9.18 Å². The smallest absolute Gasteiger partial charge is 0.315 e. The molecule has 0 amide bonds. The molecule has 0 saturated heterocycles. The molecule has 21 heavy (non-hydrogen) atoms. The molecular formula is C16H23BrFNO2. The molecule has 118 valence electrons. The van der Waals surface area contributed by atoms with Gasteiger partial charge in [0.25, 0.3) is 0 Å². The van der Waals surface area contributed by atoms with Gasteiger partial charge in [-0.25, -0.2) is 4.39 Å². The lowest BCUT2D eigenvalue weighted by Crippen LogP contribution is -2.34. The summed E-state index contributed by atoms with van der Waals surface area (Å²) in [6.45, 7) is 9.16. The second-order valence-electron chi connectivity index (χ2n) is 4.60. The lowest BCUT2D eigenvalue weighted by atomic mass is 9.80. The van der Waals surface area contributed by atoms with E-state index in [1.165, 1.54) is 13.2 Å². The summed E-state index contributed by atoms with van der Waals surface area (Å²) < 4.78 is 17.7. The van der Waals surface area contributed by atoms with E-state index in [-0.39, 0.29) is 11.9 Å². The van der Waals surface area contributed by atoms with E-state index in [4.69, 9.17) is 4.74 Å². The predicted octanol–water partition coefficient (Wildman–Crippen LogP) is 4.25. The Kier molecular flexibility index (Phi) is 9.88. The zero-order chi connectivity index (χ0) is 16.4. The van der Waals surface area contributed by atoms with E-state index >= 15 is 0 Å². The molecule has 0 saturated carbocycles. The van der Waals surface area contributed by atoms with E-state index in [0.717, 1.165) is 12.8 Å². The molecule has 0 N–H and O–H groups in total. The number of aliphatic imine (C=N–C) groups is 1. The Balaban J connectivity index is 5.56. The fourth-order valence-corrected chi connectivity index (χ4v) is 2.74. The van der Waals surface area contributed by atoms with Gasteiger partial charge in [0.05, 0.1) is 7.11 Å². The van der Waals surface area contributed by atoms with E-state index in [1.807, 2.05) is 6.92 Å². The Bertz CT molecular complexity index is 444. The first kappa shape index (κ1) is 19.8. The maximum Gasteiger partial charge on any atom is 0.315 e. The Hall–Kier alpha value is -1.23. The minimum Gasteiger partial charge on any atom is -0.468 e. The first-order chi connectivity index (χ1) is 9.92. The van der Waals surface area contributed by atoms with Crippen molar-refractivity contribution < 1.29 is 13.9 Å². The molecule has 2 atom stereocenters. The number of esters is 1. The van der Waals surface area contributed by atoms with Crippen LogP contribution in [0, 0.1) is 11.8 Å². The van der Waals surface area contributed by atoms with Gasteiger partial charge in [-0.2, -0.15) is 0 Å². The number of carbonyl (C=O) groups is 1. The number of carbonyl (C=O) groups excluding carboxylic acids is 1. The van der Waals surface area contributed by atoms with E-state index in [2.05, 4.69) is 34.1 Å². The van der Waals surface area contributed by atoms with Crippen LogP contribution in [0.5, 0.6) is 0 Å². The number of hydrogen-bond donors (Lipinski definition) is 0. The molecule has 0 heterocycles. The number of allylic oxidation sites excluding steroid dienone is 4. The van der Waals surface area contributed by atoms with Crippen LogP contribution >= 0.6 is 15.9 Å². The number of rotatable bonds is 9. The standard InChI is InChI=1S/C16H23BrFNO2/c1-6-7-13(11(2)8-9-12(3)18)15(16(20)21-5)14(10-17)19-4/h8-9,13,15H,2-3,6-7,10H2,1,4-5H3. The summed E-state index contributed by atoms with van der Waals surface area (Å²) in [5.41, 5.74) is 1.35. The molecule has 0 aliphatic rings. The van der Waals surface area contributed by atoms with Crippen LogP contribution in [0.1, 0.15) is 19.8 Å². The zero-order valence-electron chi connectivity index (χ0n) is 12.9. The van der Waals surface area contributed by atoms with Crippen LogP contribution in [-0.4, -0.2) is 31.2 Å². The van der Waals surface area contributed by atoms with Gasteiger partial charge in [0, 0.05) is 24.0 Å². The van der Waals surface area contributed by atoms with Crippen LogP contribution in [0.4, 0.5) is 4.39 Å². The lowest BCUT2D eigenvalue weighted by molar-refractivity contribution is -0.144. The first-order valence-corrected chi connectivity index (χ1v) is 7.85. The van der Waals surface area contributed by atoms with Crippen molar-refractivity contribution in [3.8, 4) is 0 Å². The summed E-state index contributed by atoms with van der Waals surface area (Å²) in [5.74, 6) is -1.62. The molecule has 0 rings (SSSR count). The van der Waals surface area contributed by atoms with Crippen LogP contribution in [0.3, 0.4) is 0 Å². The van der Waals surface area contributed by atoms with Gasteiger partial charge in [-0.1, -0.05) is 54.1 Å². The van der Waals surface area contributed by atoms with Crippen LogP contribution in [0.15, 0.2) is 41.7 Å². The molecule has 5 heteroatoms. The molecular weight excluding hydrogens is 337 g/mol. The van der Waals surface area contributed by atoms with Crippen molar-refractivity contribution in [2.45, 2.75) is 19.8 Å². The zero-order valence-corrected chi connectivity index (χ0v) is 14.5. The number of hydrogen-bond acceptors (Lipinski definition) is 3. The quantitative estimate of drug-likeness (QED) is 0.267. The third-order valence-corrected chi connectivity index (χ3v) is 3.77. The highest BCUT2D eigenvalue weighted by Crippen LogP contribution is 2.29. The fraction of sp³-hybridized carbons (Fsp3) is 0.500. The van der Waals surface area contributed by atoms with Crippen LogP contribution in [-0.2, 0) is 9.53 Å². The predicted molar refractivity (Wildman–Crippen MR) is 89.6 cm³/mol. The molecule has 0 aromatic heterocycles. The van der Waals surface area contributed by atoms with Crippen molar-refractivity contribution in [3.05, 3.63) is 36.7 Å². The van der Waals surface area contributed by atoms with Crippen molar-refractivity contribution in [1.82, 2.24) is 0 Å². The van der Waals surface area contributed by atoms with Gasteiger partial charge >= 0.3 is 5.97 Å². The third-order valence-electron chi connectivity index (χ3n) is 3.19. The first-order valence-electron chi connectivity index (χ1n) is 6.73. The summed E-state index contributed by atoms with van der Waals surface area (Å²) in [5, 5.41) is 0.469. The third kappa shape index (κ3) is 6.38. The van der Waals surface area contributed by atoms with Crippen molar-refractivity contribution >= 4 is 27.6 Å². The number of nitrogens with zero attached hydrogens (tertiary/aromatic N) is 1. The Morgan fingerprint density at radius 2 is 2.05 bits per heavy atom. The van der Waals surface area contributed by atoms with Crippen LogP contribution in [0.25, 0.3) is 0 Å². The van der Waals surface area contributed by atoms with Gasteiger partial charge < -0.3 is 4.74 Å². The van der Waals surface area contributed by atoms with Gasteiger partial charge in [-0.15, -0.1) is 0 Å². The van der Waals surface area contributed by atoms with Crippen LogP contribution < -0.4 is 0 Å². The van der Waals surface area contributed by atoms with Crippen molar-refractivity contribution in [2.24, 2.45) is 16.8 Å². The van der Waals surface area contributed by atoms with Gasteiger partial charge in [0.1, 0.15) is 11.7 Å². The molecule has 2 unspecified atom stereocenters. The number of alkyl halides is 1. The van der Waals surface area contributed by atoms with Gasteiger partial charge in [0.15, 0.2) is 0 Å². The Morgan fingerprint density at radius 1 is 1.43 bits per heavy atom. The van der Waals surface area contributed by atoms with Gasteiger partial charge in [-0.3, -0.25) is 9.79 Å². The van der Waals surface area contributed by atoms with Gasteiger partial charge in [-0.05, 0) is 12.5 Å². The average Bonchev–Trinajstić information content (AvgIpc) is 2.47. The number of methoxy groups -OCH3 is 1. The highest BCUT2D eigenvalue weighted by atomic mass is 79.9. The summed E-state index contributed by atoms with van der Waals surface area (Å²) in [4.78, 5) is 16.3. The van der Waals surface area contributed by atoms with E-state index < -0.39 is 11.7 Å². The van der Waals surface area contributed by atoms with Crippen molar-refractivity contribution in [1.29, 1.82) is 0 Å². The summed E-state index contributed by atoms with van der Waals surface area (Å²) in [7, 11) is 2.99. The van der Waals surface area contributed by atoms with Crippen molar-refractivity contribution in [2.75, 3.05) is 19.5 Å². The van der Waals surface area contributed by atoms with Crippen molar-refractivity contribution in [3.63, 3.8) is 0 Å². The maximum atomic E-state index is 12.8. The maximum absolute atomic E-state index is 12.8. The largest absolute Gasteiger partial charge is 0.468 e. The molecule has 0 fully saturated rings. The molecule has 0 aliphatic heterocycles. The summed E-state index contributed by atoms with van der Waals surface area (Å²) in [6, 6.07) is 0. The minimum atomic E-state index is -0.550. The summed E-state index contributed by atoms with van der Waals surface area (Å²) >= 11 is 3.34. The molecule has 3 nitrogen and oxygen atoms in total. The Labute approximate surface area is 134 Å². The topological polar surface area (TPSA) is 38.7 Å². The second-order valence-corrected chi connectivity index (χ2v) is 5.16. The highest BCUT2D eigenvalue weighted by molar-refractivity contribution is 9.09. The Morgan fingerprint density at radius 3 is 2.43 bits per heavy atom. The minimum absolute atomic E-state index is 0.186. The normalized spacial score (nSPS) is 14.8. The average molecular weight is 360 g/mol. The summed E-state index contributed by atoms with van der Waals surface area (Å²) in [6.07, 6.45) is 4.39. The van der Waals surface area contributed by atoms with Crippen LogP contribution in [0.2, 0.25) is 0 Å². The number of halogens is 2. The highest BCUT2D eigenvalue weighted by Gasteiger charge is 2.33. The molecule has 0 aromatic carbocycles. The number of ether oxygens (including phenoxy) is 1. The van der Waals surface area contributed by atoms with E-state index in [0.29, 0.717) is 16.6 Å².